The third-order valence-electron chi connectivity index (χ3n) is 7.14. The lowest BCUT2D eigenvalue weighted by Gasteiger charge is -2.31. The molecular weight excluding hydrogens is 432 g/mol. The van der Waals surface area contributed by atoms with Gasteiger partial charge in [-0.15, -0.1) is 0 Å². The fourth-order valence-corrected chi connectivity index (χ4v) is 5.05. The quantitative estimate of drug-likeness (QED) is 0.413. The smallest absolute Gasteiger partial charge is 0.242 e. The second-order valence-corrected chi connectivity index (χ2v) is 9.57. The minimum absolute atomic E-state index is 0.00714. The van der Waals surface area contributed by atoms with E-state index in [2.05, 4.69) is 41.7 Å². The molecule has 0 radical (unpaired) electrons. The maximum atomic E-state index is 13.9. The van der Waals surface area contributed by atoms with Crippen molar-refractivity contribution in [1.29, 1.82) is 0 Å². The Kier molecular flexibility index (Phi) is 8.72. The van der Waals surface area contributed by atoms with E-state index in [1.807, 2.05) is 61.5 Å². The summed E-state index contributed by atoms with van der Waals surface area (Å²) in [6.45, 7) is 2.38. The number of carbonyl (C=O) groups is 2. The third kappa shape index (κ3) is 6.82. The van der Waals surface area contributed by atoms with Crippen LogP contribution in [0.4, 0.5) is 0 Å². The van der Waals surface area contributed by atoms with Crippen molar-refractivity contribution in [3.8, 4) is 0 Å². The zero-order valence-electron chi connectivity index (χ0n) is 20.6. The Labute approximate surface area is 209 Å². The summed E-state index contributed by atoms with van der Waals surface area (Å²) in [5.41, 5.74) is 3.38. The van der Waals surface area contributed by atoms with Gasteiger partial charge in [-0.2, -0.15) is 0 Å². The number of hydrogen-bond donors (Lipinski definition) is 1. The zero-order chi connectivity index (χ0) is 24.5. The maximum absolute atomic E-state index is 13.9. The summed E-state index contributed by atoms with van der Waals surface area (Å²) in [5, 5.41) is 3.20. The van der Waals surface area contributed by atoms with Gasteiger partial charge in [0.25, 0.3) is 0 Å². The highest BCUT2D eigenvalue weighted by Gasteiger charge is 2.30. The SMILES string of the molecule is CC(C(=O)NC1CCCC1)N(CCc1ccccc1)C(=O)CC(c1ccccc1)c1ccccc1. The summed E-state index contributed by atoms with van der Waals surface area (Å²) in [7, 11) is 0. The highest BCUT2D eigenvalue weighted by molar-refractivity contribution is 5.88. The number of rotatable bonds is 10. The van der Waals surface area contributed by atoms with Gasteiger partial charge in [0.2, 0.25) is 11.8 Å². The largest absolute Gasteiger partial charge is 0.352 e. The number of nitrogens with zero attached hydrogens (tertiary/aromatic N) is 1. The lowest BCUT2D eigenvalue weighted by atomic mass is 9.88. The van der Waals surface area contributed by atoms with Crippen LogP contribution in [-0.4, -0.2) is 35.3 Å². The van der Waals surface area contributed by atoms with Crippen molar-refractivity contribution < 1.29 is 9.59 Å². The van der Waals surface area contributed by atoms with Gasteiger partial charge in [0.1, 0.15) is 6.04 Å². The first-order valence-corrected chi connectivity index (χ1v) is 12.9. The van der Waals surface area contributed by atoms with E-state index < -0.39 is 6.04 Å². The van der Waals surface area contributed by atoms with Crippen LogP contribution in [0.1, 0.15) is 61.6 Å². The van der Waals surface area contributed by atoms with Gasteiger partial charge in [-0.25, -0.2) is 0 Å². The van der Waals surface area contributed by atoms with E-state index in [4.69, 9.17) is 0 Å². The minimum atomic E-state index is -0.515. The van der Waals surface area contributed by atoms with Gasteiger partial charge in [0.15, 0.2) is 0 Å². The monoisotopic (exact) mass is 468 g/mol. The van der Waals surface area contributed by atoms with Gasteiger partial charge >= 0.3 is 0 Å². The van der Waals surface area contributed by atoms with E-state index in [9.17, 15) is 9.59 Å². The summed E-state index contributed by atoms with van der Waals surface area (Å²) in [6, 6.07) is 30.2. The average Bonchev–Trinajstić information content (AvgIpc) is 3.42. The molecule has 0 aliphatic heterocycles. The maximum Gasteiger partial charge on any atom is 0.242 e. The molecule has 0 saturated heterocycles. The molecule has 4 rings (SSSR count). The Hall–Kier alpha value is -3.40. The summed E-state index contributed by atoms with van der Waals surface area (Å²) >= 11 is 0. The topological polar surface area (TPSA) is 49.4 Å². The van der Waals surface area contributed by atoms with Crippen molar-refractivity contribution >= 4 is 11.8 Å². The van der Waals surface area contributed by atoms with Gasteiger partial charge in [-0.05, 0) is 42.9 Å². The van der Waals surface area contributed by atoms with E-state index in [1.54, 1.807) is 4.90 Å². The molecule has 182 valence electrons. The van der Waals surface area contributed by atoms with Gasteiger partial charge in [-0.1, -0.05) is 104 Å². The van der Waals surface area contributed by atoms with Crippen LogP contribution in [0.15, 0.2) is 91.0 Å². The summed E-state index contributed by atoms with van der Waals surface area (Å²) in [6.07, 6.45) is 5.41. The molecular formula is C31H36N2O2. The van der Waals surface area contributed by atoms with E-state index in [1.165, 1.54) is 0 Å². The molecule has 4 heteroatoms. The number of nitrogens with one attached hydrogen (secondary N) is 1. The van der Waals surface area contributed by atoms with E-state index in [-0.39, 0.29) is 23.8 Å². The number of benzene rings is 3. The fraction of sp³-hybridized carbons (Fsp3) is 0.355. The van der Waals surface area contributed by atoms with Crippen LogP contribution in [0.2, 0.25) is 0 Å². The van der Waals surface area contributed by atoms with Crippen molar-refractivity contribution in [3.63, 3.8) is 0 Å². The predicted molar refractivity (Wildman–Crippen MR) is 141 cm³/mol. The average molecular weight is 469 g/mol. The first-order chi connectivity index (χ1) is 17.1. The standard InChI is InChI=1S/C31H36N2O2/c1-24(31(35)32-28-19-11-12-20-28)33(22-21-25-13-5-2-6-14-25)30(34)23-29(26-15-7-3-8-16-26)27-17-9-4-10-18-27/h2-10,13-18,24,28-29H,11-12,19-23H2,1H3,(H,32,35). The number of amides is 2. The lowest BCUT2D eigenvalue weighted by Crippen LogP contribution is -2.50. The van der Waals surface area contributed by atoms with Crippen LogP contribution in [0.3, 0.4) is 0 Å². The molecule has 2 amide bonds. The molecule has 3 aromatic carbocycles. The highest BCUT2D eigenvalue weighted by Crippen LogP contribution is 2.29. The molecule has 1 aliphatic carbocycles. The van der Waals surface area contributed by atoms with Crippen LogP contribution in [0.5, 0.6) is 0 Å². The zero-order valence-corrected chi connectivity index (χ0v) is 20.6. The Morgan fingerprint density at radius 1 is 0.829 bits per heavy atom. The first kappa shape index (κ1) is 24.7. The summed E-state index contributed by atoms with van der Waals surface area (Å²) in [5.74, 6) is -0.101. The Balaban J connectivity index is 1.55. The Morgan fingerprint density at radius 3 is 1.89 bits per heavy atom. The van der Waals surface area contributed by atoms with E-state index >= 15 is 0 Å². The molecule has 3 aromatic rings. The second-order valence-electron chi connectivity index (χ2n) is 9.57. The molecule has 35 heavy (non-hydrogen) atoms. The highest BCUT2D eigenvalue weighted by atomic mass is 16.2. The van der Waals surface area contributed by atoms with Crippen molar-refractivity contribution in [2.75, 3.05) is 6.54 Å². The molecule has 0 aromatic heterocycles. The number of hydrogen-bond acceptors (Lipinski definition) is 2. The van der Waals surface area contributed by atoms with Gasteiger partial charge in [0, 0.05) is 24.9 Å². The lowest BCUT2D eigenvalue weighted by molar-refractivity contribution is -0.140. The predicted octanol–water partition coefficient (Wildman–Crippen LogP) is 5.73. The van der Waals surface area contributed by atoms with Crippen LogP contribution >= 0.6 is 0 Å². The molecule has 4 nitrogen and oxygen atoms in total. The molecule has 1 unspecified atom stereocenters. The molecule has 0 bridgehead atoms. The van der Waals surface area contributed by atoms with Crippen molar-refractivity contribution in [2.24, 2.45) is 0 Å². The number of carbonyl (C=O) groups excluding carboxylic acids is 2. The van der Waals surface area contributed by atoms with Gasteiger partial charge in [-0.3, -0.25) is 9.59 Å². The van der Waals surface area contributed by atoms with Crippen LogP contribution in [-0.2, 0) is 16.0 Å². The third-order valence-corrected chi connectivity index (χ3v) is 7.14. The minimum Gasteiger partial charge on any atom is -0.352 e. The molecule has 1 atom stereocenters. The van der Waals surface area contributed by atoms with Crippen LogP contribution in [0, 0.1) is 0 Å². The first-order valence-electron chi connectivity index (χ1n) is 12.9. The fourth-order valence-electron chi connectivity index (χ4n) is 5.05. The van der Waals surface area contributed by atoms with E-state index in [0.717, 1.165) is 48.8 Å². The molecule has 1 fully saturated rings. The van der Waals surface area contributed by atoms with Crippen LogP contribution < -0.4 is 5.32 Å². The summed E-state index contributed by atoms with van der Waals surface area (Å²) < 4.78 is 0. The molecule has 1 aliphatic rings. The Bertz CT molecular complexity index is 1020. The second kappa shape index (κ2) is 12.3. The Morgan fingerprint density at radius 2 is 1.34 bits per heavy atom. The van der Waals surface area contributed by atoms with Crippen LogP contribution in [0.25, 0.3) is 0 Å². The van der Waals surface area contributed by atoms with Gasteiger partial charge < -0.3 is 10.2 Å². The molecule has 1 saturated carbocycles. The van der Waals surface area contributed by atoms with Crippen molar-refractivity contribution in [2.45, 2.75) is 63.5 Å². The molecule has 0 spiro atoms. The van der Waals surface area contributed by atoms with Crippen molar-refractivity contribution in [1.82, 2.24) is 10.2 Å². The van der Waals surface area contributed by atoms with Crippen molar-refractivity contribution in [3.05, 3.63) is 108 Å². The molecule has 0 heterocycles. The normalized spacial score (nSPS) is 14.6. The molecule has 1 N–H and O–H groups in total. The summed E-state index contributed by atoms with van der Waals surface area (Å²) in [4.78, 5) is 28.8. The van der Waals surface area contributed by atoms with Gasteiger partial charge in [0.05, 0.1) is 0 Å². The van der Waals surface area contributed by atoms with E-state index in [0.29, 0.717) is 13.0 Å².